The largest absolute Gasteiger partial charge is 0.444 e. The SMILES string of the molecule is C=Cc1cccc(C(C(=O)Nc2ccccc2C)N(C(=O)C(NC(=O)OC(C)(C)C)C(C)CC)C(C)C)c1. The number of ether oxygens (including phenoxy) is 1. The van der Waals surface area contributed by atoms with Crippen molar-refractivity contribution >= 4 is 29.7 Å². The monoisotopic (exact) mass is 521 g/mol. The standard InChI is InChI=1S/C31H43N3O4/c1-10-21(5)26(33-30(37)38-31(7,8)9)29(36)34(20(3)4)27(24-17-14-16-23(11-2)19-24)28(35)32-25-18-13-12-15-22(25)6/h11-21,26-27H,2,10H2,1,3-9H3,(H,32,35)(H,33,37). The van der Waals surface area contributed by atoms with E-state index in [9.17, 15) is 14.4 Å². The summed E-state index contributed by atoms with van der Waals surface area (Å²) in [6, 6.07) is 12.7. The van der Waals surface area contributed by atoms with E-state index in [1.165, 1.54) is 0 Å². The van der Waals surface area contributed by atoms with Crippen molar-refractivity contribution in [1.82, 2.24) is 10.2 Å². The van der Waals surface area contributed by atoms with E-state index in [1.807, 2.05) is 83.1 Å². The van der Waals surface area contributed by atoms with Crippen LogP contribution in [0.25, 0.3) is 6.08 Å². The number of nitrogens with zero attached hydrogens (tertiary/aromatic N) is 1. The first-order chi connectivity index (χ1) is 17.8. The highest BCUT2D eigenvalue weighted by atomic mass is 16.6. The van der Waals surface area contributed by atoms with Crippen LogP contribution in [-0.2, 0) is 14.3 Å². The van der Waals surface area contributed by atoms with Crippen molar-refractivity contribution in [2.75, 3.05) is 5.32 Å². The van der Waals surface area contributed by atoms with Crippen molar-refractivity contribution in [3.05, 3.63) is 71.8 Å². The number of amides is 3. The first kappa shape index (κ1) is 30.6. The predicted octanol–water partition coefficient (Wildman–Crippen LogP) is 6.49. The Hall–Kier alpha value is -3.61. The van der Waals surface area contributed by atoms with Crippen LogP contribution in [0, 0.1) is 12.8 Å². The molecule has 0 saturated heterocycles. The normalized spacial score (nSPS) is 13.7. The number of hydrogen-bond donors (Lipinski definition) is 2. The number of nitrogens with one attached hydrogen (secondary N) is 2. The number of benzene rings is 2. The van der Waals surface area contributed by atoms with E-state index in [4.69, 9.17) is 4.74 Å². The van der Waals surface area contributed by atoms with Crippen LogP contribution in [0.3, 0.4) is 0 Å². The number of hydrogen-bond acceptors (Lipinski definition) is 4. The molecular formula is C31H43N3O4. The van der Waals surface area contributed by atoms with E-state index >= 15 is 0 Å². The molecule has 0 bridgehead atoms. The van der Waals surface area contributed by atoms with Gasteiger partial charge in [-0.3, -0.25) is 9.59 Å². The Morgan fingerprint density at radius 1 is 1.05 bits per heavy atom. The third kappa shape index (κ3) is 8.20. The quantitative estimate of drug-likeness (QED) is 0.374. The van der Waals surface area contributed by atoms with Crippen LogP contribution in [0.2, 0.25) is 0 Å². The smallest absolute Gasteiger partial charge is 0.408 e. The summed E-state index contributed by atoms with van der Waals surface area (Å²) in [5, 5.41) is 5.81. The zero-order valence-corrected chi connectivity index (χ0v) is 24.0. The van der Waals surface area contributed by atoms with Gasteiger partial charge in [0, 0.05) is 11.7 Å². The molecule has 2 N–H and O–H groups in total. The number of anilines is 1. The lowest BCUT2D eigenvalue weighted by Gasteiger charge is -2.38. The highest BCUT2D eigenvalue weighted by Crippen LogP contribution is 2.29. The third-order valence-electron chi connectivity index (χ3n) is 6.35. The number of carbonyl (C=O) groups is 3. The zero-order chi connectivity index (χ0) is 28.6. The minimum absolute atomic E-state index is 0.198. The molecule has 7 heteroatoms. The van der Waals surface area contributed by atoms with Gasteiger partial charge in [0.05, 0.1) is 0 Å². The van der Waals surface area contributed by atoms with Gasteiger partial charge >= 0.3 is 6.09 Å². The summed E-state index contributed by atoms with van der Waals surface area (Å²) < 4.78 is 5.46. The van der Waals surface area contributed by atoms with E-state index < -0.39 is 23.8 Å². The Balaban J connectivity index is 2.58. The van der Waals surface area contributed by atoms with Gasteiger partial charge in [-0.15, -0.1) is 0 Å². The van der Waals surface area contributed by atoms with E-state index in [0.717, 1.165) is 11.1 Å². The van der Waals surface area contributed by atoms with E-state index in [2.05, 4.69) is 17.2 Å². The molecule has 38 heavy (non-hydrogen) atoms. The minimum atomic E-state index is -0.950. The van der Waals surface area contributed by atoms with Gasteiger partial charge in [0.15, 0.2) is 0 Å². The fourth-order valence-corrected chi connectivity index (χ4v) is 4.17. The molecule has 0 saturated carbocycles. The second-order valence-electron chi connectivity index (χ2n) is 10.9. The number of rotatable bonds is 10. The van der Waals surface area contributed by atoms with Crippen LogP contribution < -0.4 is 10.6 Å². The Morgan fingerprint density at radius 2 is 1.71 bits per heavy atom. The van der Waals surface area contributed by atoms with Crippen molar-refractivity contribution in [2.24, 2.45) is 5.92 Å². The van der Waals surface area contributed by atoms with Gasteiger partial charge in [0.25, 0.3) is 5.91 Å². The highest BCUT2D eigenvalue weighted by Gasteiger charge is 2.39. The molecule has 7 nitrogen and oxygen atoms in total. The molecule has 0 spiro atoms. The van der Waals surface area contributed by atoms with Crippen LogP contribution in [-0.4, -0.2) is 40.5 Å². The number of aryl methyl sites for hydroxylation is 1. The Kier molecular flexibility index (Phi) is 10.7. The molecule has 2 aromatic rings. The molecule has 0 aromatic heterocycles. The van der Waals surface area contributed by atoms with Crippen molar-refractivity contribution < 1.29 is 19.1 Å². The molecule has 3 atom stereocenters. The van der Waals surface area contributed by atoms with Gasteiger partial charge in [0.1, 0.15) is 17.7 Å². The summed E-state index contributed by atoms with van der Waals surface area (Å²) in [5.74, 6) is -0.896. The van der Waals surface area contributed by atoms with Crippen molar-refractivity contribution in [3.8, 4) is 0 Å². The molecule has 3 amide bonds. The first-order valence-corrected chi connectivity index (χ1v) is 13.2. The second kappa shape index (κ2) is 13.3. The van der Waals surface area contributed by atoms with Crippen molar-refractivity contribution in [2.45, 2.75) is 85.5 Å². The molecule has 0 aliphatic carbocycles. The third-order valence-corrected chi connectivity index (χ3v) is 6.35. The van der Waals surface area contributed by atoms with Gasteiger partial charge in [-0.05, 0) is 76.3 Å². The van der Waals surface area contributed by atoms with Gasteiger partial charge in [-0.25, -0.2) is 4.79 Å². The number of carbonyl (C=O) groups excluding carboxylic acids is 3. The van der Waals surface area contributed by atoms with Gasteiger partial charge in [0.2, 0.25) is 5.91 Å². The summed E-state index contributed by atoms with van der Waals surface area (Å²) in [4.78, 5) is 42.5. The fourth-order valence-electron chi connectivity index (χ4n) is 4.17. The average molecular weight is 522 g/mol. The molecule has 0 heterocycles. The molecule has 3 unspecified atom stereocenters. The van der Waals surface area contributed by atoms with Crippen LogP contribution in [0.4, 0.5) is 10.5 Å². The number of alkyl carbamates (subject to hydrolysis) is 1. The number of para-hydroxylation sites is 1. The molecule has 2 aromatic carbocycles. The lowest BCUT2D eigenvalue weighted by Crippen LogP contribution is -2.56. The second-order valence-corrected chi connectivity index (χ2v) is 10.9. The molecule has 0 fully saturated rings. The summed E-state index contributed by atoms with van der Waals surface area (Å²) in [6.45, 7) is 18.7. The molecule has 0 aliphatic heterocycles. The molecule has 0 radical (unpaired) electrons. The van der Waals surface area contributed by atoms with E-state index in [-0.39, 0.29) is 23.8 Å². The minimum Gasteiger partial charge on any atom is -0.444 e. The Morgan fingerprint density at radius 3 is 2.26 bits per heavy atom. The summed E-state index contributed by atoms with van der Waals surface area (Å²) in [6.07, 6.45) is 1.67. The van der Waals surface area contributed by atoms with Gasteiger partial charge < -0.3 is 20.3 Å². The predicted molar refractivity (Wildman–Crippen MR) is 154 cm³/mol. The first-order valence-electron chi connectivity index (χ1n) is 13.2. The fraction of sp³-hybridized carbons (Fsp3) is 0.452. The van der Waals surface area contributed by atoms with Gasteiger partial charge in [-0.1, -0.05) is 69.3 Å². The summed E-state index contributed by atoms with van der Waals surface area (Å²) in [5.41, 5.74) is 2.34. The molecule has 0 aliphatic rings. The lowest BCUT2D eigenvalue weighted by atomic mass is 9.94. The maximum atomic E-state index is 14.2. The van der Waals surface area contributed by atoms with Crippen LogP contribution in [0.15, 0.2) is 55.1 Å². The van der Waals surface area contributed by atoms with Gasteiger partial charge in [-0.2, -0.15) is 0 Å². The Bertz CT molecular complexity index is 1140. The summed E-state index contributed by atoms with van der Waals surface area (Å²) >= 11 is 0. The molecule has 206 valence electrons. The van der Waals surface area contributed by atoms with Crippen LogP contribution >= 0.6 is 0 Å². The Labute approximate surface area is 227 Å². The maximum Gasteiger partial charge on any atom is 0.408 e. The summed E-state index contributed by atoms with van der Waals surface area (Å²) in [7, 11) is 0. The molecular weight excluding hydrogens is 478 g/mol. The molecule has 2 rings (SSSR count). The van der Waals surface area contributed by atoms with E-state index in [0.29, 0.717) is 17.7 Å². The van der Waals surface area contributed by atoms with Crippen molar-refractivity contribution in [1.29, 1.82) is 0 Å². The van der Waals surface area contributed by atoms with Crippen LogP contribution in [0.5, 0.6) is 0 Å². The van der Waals surface area contributed by atoms with Crippen LogP contribution in [0.1, 0.15) is 77.6 Å². The zero-order valence-electron chi connectivity index (χ0n) is 24.0. The lowest BCUT2D eigenvalue weighted by molar-refractivity contribution is -0.144. The van der Waals surface area contributed by atoms with Crippen molar-refractivity contribution in [3.63, 3.8) is 0 Å². The topological polar surface area (TPSA) is 87.7 Å². The average Bonchev–Trinajstić information content (AvgIpc) is 2.84. The highest BCUT2D eigenvalue weighted by molar-refractivity contribution is 5.99. The van der Waals surface area contributed by atoms with E-state index in [1.54, 1.807) is 31.7 Å². The maximum absolute atomic E-state index is 14.2.